The Kier molecular flexibility index (Phi) is 8.16. The van der Waals surface area contributed by atoms with Crippen LogP contribution in [0.3, 0.4) is 0 Å². The molecule has 260 valence electrons. The standard InChI is InChI=1S/C52H36N2O/c1-5-15-37(16-6-1)38-25-27-39(28-26-38)40-29-32-45(33-30-40)54(44-22-11-4-12-23-44)48-35-46(53(42-18-7-2-8-19-42)43-20-9-3-10-21-43)36-50-52(48)51-47-24-14-13-17-41(47)31-34-49(51)55-50/h1-36H. The normalized spacial score (nSPS) is 11.3. The van der Waals surface area contributed by atoms with Gasteiger partial charge in [-0.25, -0.2) is 0 Å². The summed E-state index contributed by atoms with van der Waals surface area (Å²) in [6, 6.07) is 77.4. The van der Waals surface area contributed by atoms with E-state index in [-0.39, 0.29) is 0 Å². The van der Waals surface area contributed by atoms with Gasteiger partial charge in [-0.05, 0) is 93.7 Å². The number of para-hydroxylation sites is 3. The third-order valence-electron chi connectivity index (χ3n) is 10.4. The van der Waals surface area contributed by atoms with Crippen molar-refractivity contribution in [3.05, 3.63) is 218 Å². The van der Waals surface area contributed by atoms with Crippen LogP contribution in [0.25, 0.3) is 55.0 Å². The predicted molar refractivity (Wildman–Crippen MR) is 231 cm³/mol. The molecular formula is C52H36N2O. The van der Waals surface area contributed by atoms with Gasteiger partial charge in [0.15, 0.2) is 0 Å². The zero-order valence-corrected chi connectivity index (χ0v) is 30.1. The first-order valence-corrected chi connectivity index (χ1v) is 18.7. The van der Waals surface area contributed by atoms with Crippen LogP contribution in [-0.4, -0.2) is 0 Å². The summed E-state index contributed by atoms with van der Waals surface area (Å²) in [7, 11) is 0. The van der Waals surface area contributed by atoms with Gasteiger partial charge in [-0.1, -0.05) is 152 Å². The number of nitrogens with zero attached hydrogens (tertiary/aromatic N) is 2. The molecule has 1 aromatic heterocycles. The van der Waals surface area contributed by atoms with Crippen LogP contribution in [0, 0.1) is 0 Å². The Morgan fingerprint density at radius 3 is 1.33 bits per heavy atom. The van der Waals surface area contributed by atoms with Gasteiger partial charge in [0.05, 0.1) is 16.8 Å². The van der Waals surface area contributed by atoms with Gasteiger partial charge in [-0.2, -0.15) is 0 Å². The highest BCUT2D eigenvalue weighted by Gasteiger charge is 2.24. The quantitative estimate of drug-likeness (QED) is 0.157. The highest BCUT2D eigenvalue weighted by molar-refractivity contribution is 6.24. The van der Waals surface area contributed by atoms with Crippen molar-refractivity contribution >= 4 is 66.8 Å². The molecule has 0 aliphatic rings. The smallest absolute Gasteiger partial charge is 0.139 e. The van der Waals surface area contributed by atoms with Gasteiger partial charge >= 0.3 is 0 Å². The van der Waals surface area contributed by atoms with Crippen LogP contribution in [-0.2, 0) is 0 Å². The highest BCUT2D eigenvalue weighted by atomic mass is 16.3. The first kappa shape index (κ1) is 32.3. The molecule has 0 aliphatic carbocycles. The Morgan fingerprint density at radius 1 is 0.291 bits per heavy atom. The maximum Gasteiger partial charge on any atom is 0.139 e. The van der Waals surface area contributed by atoms with Gasteiger partial charge in [0.1, 0.15) is 11.2 Å². The fourth-order valence-electron chi connectivity index (χ4n) is 7.83. The van der Waals surface area contributed by atoms with Gasteiger partial charge in [0.2, 0.25) is 0 Å². The number of hydrogen-bond acceptors (Lipinski definition) is 3. The molecule has 10 aromatic rings. The summed E-state index contributed by atoms with van der Waals surface area (Å²) in [5.41, 5.74) is 12.7. The second-order valence-corrected chi connectivity index (χ2v) is 13.8. The molecule has 1 heterocycles. The van der Waals surface area contributed by atoms with Gasteiger partial charge in [0, 0.05) is 34.2 Å². The van der Waals surface area contributed by atoms with E-state index in [0.29, 0.717) is 0 Å². The van der Waals surface area contributed by atoms with Crippen LogP contribution in [0.4, 0.5) is 34.1 Å². The summed E-state index contributed by atoms with van der Waals surface area (Å²) in [5, 5.41) is 4.52. The second-order valence-electron chi connectivity index (χ2n) is 13.8. The summed E-state index contributed by atoms with van der Waals surface area (Å²) < 4.78 is 6.85. The van der Waals surface area contributed by atoms with Crippen molar-refractivity contribution in [3.8, 4) is 22.3 Å². The monoisotopic (exact) mass is 704 g/mol. The molecule has 9 aromatic carbocycles. The van der Waals surface area contributed by atoms with E-state index in [4.69, 9.17) is 4.42 Å². The van der Waals surface area contributed by atoms with Gasteiger partial charge in [0.25, 0.3) is 0 Å². The first-order valence-electron chi connectivity index (χ1n) is 18.7. The van der Waals surface area contributed by atoms with Gasteiger partial charge in [-0.15, -0.1) is 0 Å². The Bertz CT molecular complexity index is 2850. The molecule has 55 heavy (non-hydrogen) atoms. The lowest BCUT2D eigenvalue weighted by molar-refractivity contribution is 0.669. The number of hydrogen-bond donors (Lipinski definition) is 0. The minimum absolute atomic E-state index is 0.826. The number of fused-ring (bicyclic) bond motifs is 5. The molecule has 0 aliphatic heterocycles. The Hall–Kier alpha value is -7.36. The molecule has 0 fully saturated rings. The van der Waals surface area contributed by atoms with Crippen molar-refractivity contribution < 1.29 is 4.42 Å². The van der Waals surface area contributed by atoms with Crippen molar-refractivity contribution in [1.82, 2.24) is 0 Å². The second kappa shape index (κ2) is 13.9. The van der Waals surface area contributed by atoms with Crippen LogP contribution in [0.15, 0.2) is 223 Å². The fourth-order valence-corrected chi connectivity index (χ4v) is 7.83. The minimum atomic E-state index is 0.826. The van der Waals surface area contributed by atoms with Crippen molar-refractivity contribution in [1.29, 1.82) is 0 Å². The summed E-state index contributed by atoms with van der Waals surface area (Å²) in [6.45, 7) is 0. The molecule has 0 saturated carbocycles. The highest BCUT2D eigenvalue weighted by Crippen LogP contribution is 2.48. The zero-order valence-electron chi connectivity index (χ0n) is 30.1. The van der Waals surface area contributed by atoms with E-state index in [1.54, 1.807) is 0 Å². The SMILES string of the molecule is c1ccc(-c2ccc(-c3ccc(N(c4ccccc4)c4cc(N(c5ccccc5)c5ccccc5)cc5oc6ccc7ccccc7c6c45)cc3)cc2)cc1. The lowest BCUT2D eigenvalue weighted by Crippen LogP contribution is -2.13. The number of rotatable bonds is 8. The van der Waals surface area contributed by atoms with Crippen molar-refractivity contribution in [3.63, 3.8) is 0 Å². The van der Waals surface area contributed by atoms with Crippen molar-refractivity contribution in [2.75, 3.05) is 9.80 Å². The molecule has 3 nitrogen and oxygen atoms in total. The van der Waals surface area contributed by atoms with Crippen molar-refractivity contribution in [2.45, 2.75) is 0 Å². The van der Waals surface area contributed by atoms with Crippen LogP contribution in [0.5, 0.6) is 0 Å². The molecular weight excluding hydrogens is 669 g/mol. The third kappa shape index (κ3) is 5.98. The molecule has 3 heteroatoms. The predicted octanol–water partition coefficient (Wildman–Crippen LogP) is 15.0. The van der Waals surface area contributed by atoms with E-state index < -0.39 is 0 Å². The molecule has 10 rings (SSSR count). The fraction of sp³-hybridized carbons (Fsp3) is 0. The maximum atomic E-state index is 6.85. The largest absolute Gasteiger partial charge is 0.456 e. The van der Waals surface area contributed by atoms with E-state index in [1.807, 2.05) is 0 Å². The summed E-state index contributed by atoms with van der Waals surface area (Å²) in [4.78, 5) is 4.68. The topological polar surface area (TPSA) is 19.6 Å². The maximum absolute atomic E-state index is 6.85. The Balaban J connectivity index is 1.20. The molecule has 0 saturated heterocycles. The van der Waals surface area contributed by atoms with E-state index in [2.05, 4.69) is 228 Å². The summed E-state index contributed by atoms with van der Waals surface area (Å²) >= 11 is 0. The van der Waals surface area contributed by atoms with Crippen LogP contribution in [0.1, 0.15) is 0 Å². The lowest BCUT2D eigenvalue weighted by Gasteiger charge is -2.30. The molecule has 0 spiro atoms. The molecule has 0 radical (unpaired) electrons. The molecule has 0 amide bonds. The molecule has 0 bridgehead atoms. The van der Waals surface area contributed by atoms with E-state index >= 15 is 0 Å². The number of anilines is 6. The van der Waals surface area contributed by atoms with Gasteiger partial charge < -0.3 is 14.2 Å². The molecule has 0 N–H and O–H groups in total. The Morgan fingerprint density at radius 2 is 0.745 bits per heavy atom. The average Bonchev–Trinajstić information content (AvgIpc) is 3.65. The first-order chi connectivity index (χ1) is 27.3. The van der Waals surface area contributed by atoms with E-state index in [1.165, 1.54) is 22.1 Å². The third-order valence-corrected chi connectivity index (χ3v) is 10.4. The molecule has 0 unspecified atom stereocenters. The van der Waals surface area contributed by atoms with Gasteiger partial charge in [-0.3, -0.25) is 0 Å². The summed E-state index contributed by atoms with van der Waals surface area (Å²) in [6.07, 6.45) is 0. The zero-order chi connectivity index (χ0) is 36.6. The molecule has 0 atom stereocenters. The number of furan rings is 1. The Labute approximate surface area is 320 Å². The van der Waals surface area contributed by atoms with Crippen LogP contribution < -0.4 is 9.80 Å². The van der Waals surface area contributed by atoms with Crippen molar-refractivity contribution in [2.24, 2.45) is 0 Å². The number of benzene rings is 9. The summed E-state index contributed by atoms with van der Waals surface area (Å²) in [5.74, 6) is 0. The lowest BCUT2D eigenvalue weighted by atomic mass is 9.99. The van der Waals surface area contributed by atoms with Crippen LogP contribution in [0.2, 0.25) is 0 Å². The average molecular weight is 705 g/mol. The van der Waals surface area contributed by atoms with E-state index in [9.17, 15) is 0 Å². The van der Waals surface area contributed by atoms with E-state index in [0.717, 1.165) is 67.0 Å². The minimum Gasteiger partial charge on any atom is -0.456 e. The van der Waals surface area contributed by atoms with Crippen LogP contribution >= 0.6 is 0 Å².